The summed E-state index contributed by atoms with van der Waals surface area (Å²) in [5, 5.41) is 5.59. The first-order valence-corrected chi connectivity index (χ1v) is 6.25. The number of nitrogens with one attached hydrogen (secondary N) is 1. The lowest BCUT2D eigenvalue weighted by molar-refractivity contribution is 0.529. The molecule has 96 valence electrons. The Labute approximate surface area is 116 Å². The van der Waals surface area contributed by atoms with Crippen LogP contribution in [0.5, 0.6) is 0 Å². The molecule has 0 amide bonds. The first-order chi connectivity index (χ1) is 8.60. The third-order valence-corrected chi connectivity index (χ3v) is 3.32. The molecule has 0 aliphatic carbocycles. The smallest absolute Gasteiger partial charge is 0.0810 e. The molecule has 0 saturated carbocycles. The minimum Gasteiger partial charge on any atom is -0.275 e. The van der Waals surface area contributed by atoms with E-state index in [9.17, 15) is 0 Å². The molecule has 1 heterocycles. The first kappa shape index (κ1) is 13.4. The first-order valence-electron chi connectivity index (χ1n) is 5.49. The predicted molar refractivity (Wildman–Crippen MR) is 73.4 cm³/mol. The average Bonchev–Trinajstić information content (AvgIpc) is 2.75. The zero-order valence-electron chi connectivity index (χ0n) is 9.90. The molecule has 0 spiro atoms. The Bertz CT molecular complexity index is 539. The van der Waals surface area contributed by atoms with Gasteiger partial charge in [-0.05, 0) is 30.2 Å². The van der Waals surface area contributed by atoms with Crippen LogP contribution >= 0.6 is 23.2 Å². The van der Waals surface area contributed by atoms with Crippen LogP contribution < -0.4 is 11.3 Å². The van der Waals surface area contributed by atoms with E-state index in [1.165, 1.54) is 0 Å². The fourth-order valence-corrected chi connectivity index (χ4v) is 2.26. The zero-order chi connectivity index (χ0) is 13.1. The maximum Gasteiger partial charge on any atom is 0.0810 e. The van der Waals surface area contributed by atoms with E-state index in [1.54, 1.807) is 10.7 Å². The molecule has 1 aromatic heterocycles. The summed E-state index contributed by atoms with van der Waals surface area (Å²) in [6.45, 7) is 0. The van der Waals surface area contributed by atoms with Gasteiger partial charge in [-0.1, -0.05) is 29.3 Å². The minimum atomic E-state index is -0.0788. The van der Waals surface area contributed by atoms with Crippen molar-refractivity contribution in [3.63, 3.8) is 0 Å². The van der Waals surface area contributed by atoms with Gasteiger partial charge in [0.15, 0.2) is 0 Å². The Hall–Kier alpha value is -1.07. The Balaban J connectivity index is 2.20. The van der Waals surface area contributed by atoms with Crippen molar-refractivity contribution >= 4 is 23.2 Å². The van der Waals surface area contributed by atoms with Crippen LogP contribution in [-0.4, -0.2) is 9.78 Å². The Kier molecular flexibility index (Phi) is 4.24. The lowest BCUT2D eigenvalue weighted by Gasteiger charge is -2.14. The van der Waals surface area contributed by atoms with Crippen LogP contribution in [0.25, 0.3) is 0 Å². The summed E-state index contributed by atoms with van der Waals surface area (Å²) in [7, 11) is 1.87. The summed E-state index contributed by atoms with van der Waals surface area (Å²) in [4.78, 5) is 0. The predicted octanol–water partition coefficient (Wildman–Crippen LogP) is 2.47. The molecule has 0 fully saturated rings. The van der Waals surface area contributed by atoms with E-state index in [0.29, 0.717) is 16.5 Å². The highest BCUT2D eigenvalue weighted by atomic mass is 35.5. The Morgan fingerprint density at radius 1 is 1.39 bits per heavy atom. The summed E-state index contributed by atoms with van der Waals surface area (Å²) in [6.07, 6.45) is 2.53. The monoisotopic (exact) mass is 284 g/mol. The molecule has 3 N–H and O–H groups in total. The van der Waals surface area contributed by atoms with Gasteiger partial charge in [-0.15, -0.1) is 0 Å². The van der Waals surface area contributed by atoms with Crippen molar-refractivity contribution in [2.45, 2.75) is 12.5 Å². The number of halogens is 2. The van der Waals surface area contributed by atoms with Crippen molar-refractivity contribution in [3.8, 4) is 0 Å². The number of aromatic nitrogens is 2. The van der Waals surface area contributed by atoms with Crippen LogP contribution in [0.15, 0.2) is 30.5 Å². The molecule has 6 heteroatoms. The van der Waals surface area contributed by atoms with Gasteiger partial charge < -0.3 is 0 Å². The van der Waals surface area contributed by atoms with Crippen molar-refractivity contribution in [1.82, 2.24) is 15.2 Å². The van der Waals surface area contributed by atoms with E-state index >= 15 is 0 Å². The molecule has 0 saturated heterocycles. The minimum absolute atomic E-state index is 0.0788. The van der Waals surface area contributed by atoms with E-state index in [-0.39, 0.29) is 6.04 Å². The number of rotatable bonds is 4. The van der Waals surface area contributed by atoms with Crippen LogP contribution in [0.3, 0.4) is 0 Å². The van der Waals surface area contributed by atoms with E-state index in [1.807, 2.05) is 31.4 Å². The summed E-state index contributed by atoms with van der Waals surface area (Å²) < 4.78 is 1.74. The SMILES string of the molecule is Cn1ccc(C(Cc2ccc(Cl)cc2Cl)NN)n1. The second kappa shape index (κ2) is 5.71. The van der Waals surface area contributed by atoms with Crippen molar-refractivity contribution in [2.75, 3.05) is 0 Å². The third kappa shape index (κ3) is 3.03. The van der Waals surface area contributed by atoms with Crippen LogP contribution in [-0.2, 0) is 13.5 Å². The molecule has 18 heavy (non-hydrogen) atoms. The average molecular weight is 285 g/mol. The maximum absolute atomic E-state index is 6.14. The van der Waals surface area contributed by atoms with Crippen molar-refractivity contribution in [1.29, 1.82) is 0 Å². The molecule has 2 rings (SSSR count). The number of nitrogens with two attached hydrogens (primary N) is 1. The quantitative estimate of drug-likeness (QED) is 0.670. The number of hydrogen-bond donors (Lipinski definition) is 2. The second-order valence-electron chi connectivity index (χ2n) is 4.07. The summed E-state index contributed by atoms with van der Waals surface area (Å²) in [5.74, 6) is 5.57. The molecule has 2 aromatic rings. The van der Waals surface area contributed by atoms with Crippen molar-refractivity contribution in [2.24, 2.45) is 12.9 Å². The van der Waals surface area contributed by atoms with Gasteiger partial charge in [-0.25, -0.2) is 0 Å². The molecule has 1 unspecified atom stereocenters. The van der Waals surface area contributed by atoms with Gasteiger partial charge in [0.2, 0.25) is 0 Å². The standard InChI is InChI=1S/C12H14Cl2N4/c1-18-5-4-11(17-18)12(16-15)6-8-2-3-9(13)7-10(8)14/h2-5,7,12,16H,6,15H2,1H3. The molecular formula is C12H14Cl2N4. The summed E-state index contributed by atoms with van der Waals surface area (Å²) in [6, 6.07) is 7.29. The molecule has 4 nitrogen and oxygen atoms in total. The van der Waals surface area contributed by atoms with Crippen LogP contribution in [0, 0.1) is 0 Å². The number of aryl methyl sites for hydroxylation is 1. The molecule has 0 radical (unpaired) electrons. The van der Waals surface area contributed by atoms with Crippen molar-refractivity contribution in [3.05, 3.63) is 51.8 Å². The third-order valence-electron chi connectivity index (χ3n) is 2.73. The highest BCUT2D eigenvalue weighted by molar-refractivity contribution is 6.35. The number of nitrogens with zero attached hydrogens (tertiary/aromatic N) is 2. The number of benzene rings is 1. The lowest BCUT2D eigenvalue weighted by atomic mass is 10.0. The fourth-order valence-electron chi connectivity index (χ4n) is 1.77. The van der Waals surface area contributed by atoms with Crippen LogP contribution in [0.1, 0.15) is 17.3 Å². The normalized spacial score (nSPS) is 12.7. The van der Waals surface area contributed by atoms with Crippen LogP contribution in [0.4, 0.5) is 0 Å². The van der Waals surface area contributed by atoms with Gasteiger partial charge in [-0.3, -0.25) is 16.0 Å². The van der Waals surface area contributed by atoms with E-state index in [0.717, 1.165) is 11.3 Å². The summed E-state index contributed by atoms with van der Waals surface area (Å²) in [5.41, 5.74) is 4.62. The van der Waals surface area contributed by atoms with Gasteiger partial charge in [0.25, 0.3) is 0 Å². The topological polar surface area (TPSA) is 55.9 Å². The maximum atomic E-state index is 6.14. The molecular weight excluding hydrogens is 271 g/mol. The van der Waals surface area contributed by atoms with Gasteiger partial charge in [-0.2, -0.15) is 5.10 Å². The molecule has 1 aromatic carbocycles. The number of hydrazine groups is 1. The summed E-state index contributed by atoms with van der Waals surface area (Å²) >= 11 is 12.0. The highest BCUT2D eigenvalue weighted by Gasteiger charge is 2.15. The molecule has 0 aliphatic rings. The Morgan fingerprint density at radius 2 is 2.17 bits per heavy atom. The van der Waals surface area contributed by atoms with Crippen molar-refractivity contribution < 1.29 is 0 Å². The van der Waals surface area contributed by atoms with E-state index < -0.39 is 0 Å². The van der Waals surface area contributed by atoms with E-state index in [4.69, 9.17) is 29.0 Å². The van der Waals surface area contributed by atoms with E-state index in [2.05, 4.69) is 10.5 Å². The van der Waals surface area contributed by atoms with Gasteiger partial charge in [0.05, 0.1) is 11.7 Å². The van der Waals surface area contributed by atoms with Crippen LogP contribution in [0.2, 0.25) is 10.0 Å². The highest BCUT2D eigenvalue weighted by Crippen LogP contribution is 2.25. The molecule has 0 aliphatic heterocycles. The molecule has 1 atom stereocenters. The molecule has 0 bridgehead atoms. The van der Waals surface area contributed by atoms with Gasteiger partial charge in [0.1, 0.15) is 0 Å². The Morgan fingerprint density at radius 3 is 2.72 bits per heavy atom. The van der Waals surface area contributed by atoms with Gasteiger partial charge >= 0.3 is 0 Å². The number of hydrogen-bond acceptors (Lipinski definition) is 3. The largest absolute Gasteiger partial charge is 0.275 e. The lowest BCUT2D eigenvalue weighted by Crippen LogP contribution is -2.30. The van der Waals surface area contributed by atoms with Gasteiger partial charge in [0, 0.05) is 23.3 Å². The second-order valence-corrected chi connectivity index (χ2v) is 4.92. The fraction of sp³-hybridized carbons (Fsp3) is 0.250. The zero-order valence-corrected chi connectivity index (χ0v) is 11.4.